The Morgan fingerprint density at radius 2 is 2.07 bits per heavy atom. The van der Waals surface area contributed by atoms with E-state index in [0.29, 0.717) is 5.56 Å². The molecule has 1 rings (SSSR count). The average Bonchev–Trinajstić information content (AvgIpc) is 2.19. The lowest BCUT2D eigenvalue weighted by atomic mass is 10.0. The molecule has 0 aliphatic rings. The zero-order valence-electron chi connectivity index (χ0n) is 8.55. The molecule has 4 heteroatoms. The molecule has 2 nitrogen and oxygen atoms in total. The van der Waals surface area contributed by atoms with E-state index < -0.39 is 11.6 Å². The van der Waals surface area contributed by atoms with Crippen molar-refractivity contribution in [2.45, 2.75) is 26.3 Å². The molecule has 1 aromatic carbocycles. The van der Waals surface area contributed by atoms with Crippen molar-refractivity contribution in [3.8, 4) is 0 Å². The van der Waals surface area contributed by atoms with Gasteiger partial charge in [0.2, 0.25) is 6.08 Å². The lowest BCUT2D eigenvalue weighted by Crippen LogP contribution is -1.98. The normalized spacial score (nSPS) is 10.2. The molecular weight excluding hydrogens is 200 g/mol. The molecule has 80 valence electrons. The zero-order valence-corrected chi connectivity index (χ0v) is 8.55. The molecule has 0 amide bonds. The van der Waals surface area contributed by atoms with E-state index in [0.717, 1.165) is 6.07 Å². The summed E-state index contributed by atoms with van der Waals surface area (Å²) >= 11 is 0. The Morgan fingerprint density at radius 3 is 2.60 bits per heavy atom. The van der Waals surface area contributed by atoms with Crippen LogP contribution in [0.3, 0.4) is 0 Å². The summed E-state index contributed by atoms with van der Waals surface area (Å²) in [7, 11) is 0. The van der Waals surface area contributed by atoms with Gasteiger partial charge in [0, 0.05) is 5.56 Å². The van der Waals surface area contributed by atoms with E-state index in [1.807, 2.05) is 13.8 Å². The topological polar surface area (TPSA) is 29.4 Å². The number of hydrogen-bond donors (Lipinski definition) is 0. The highest BCUT2D eigenvalue weighted by Gasteiger charge is 2.11. The Kier molecular flexibility index (Phi) is 3.69. The molecule has 0 fully saturated rings. The zero-order chi connectivity index (χ0) is 11.4. The highest BCUT2D eigenvalue weighted by Crippen LogP contribution is 2.21. The molecule has 0 aromatic heterocycles. The fourth-order valence-corrected chi connectivity index (χ4v) is 1.24. The molecule has 1 aromatic rings. The number of hydrogen-bond acceptors (Lipinski definition) is 2. The minimum absolute atomic E-state index is 0.0852. The molecule has 0 saturated heterocycles. The Labute approximate surface area is 86.6 Å². The molecular formula is C11H11F2NO. The van der Waals surface area contributed by atoms with Crippen LogP contribution < -0.4 is 0 Å². The monoisotopic (exact) mass is 211 g/mol. The van der Waals surface area contributed by atoms with Gasteiger partial charge in [-0.25, -0.2) is 18.6 Å². The number of carbonyl (C=O) groups excluding carboxylic acids is 1. The second-order valence-electron chi connectivity index (χ2n) is 3.54. The molecule has 0 aliphatic carbocycles. The summed E-state index contributed by atoms with van der Waals surface area (Å²) in [5.41, 5.74) is 0.770. The van der Waals surface area contributed by atoms with Gasteiger partial charge in [0.15, 0.2) is 11.6 Å². The highest BCUT2D eigenvalue weighted by molar-refractivity contribution is 5.35. The fraction of sp³-hybridized carbons (Fsp3) is 0.364. The molecule has 0 atom stereocenters. The Morgan fingerprint density at radius 1 is 1.40 bits per heavy atom. The smallest absolute Gasteiger partial charge is 0.211 e. The molecule has 0 spiro atoms. The minimum Gasteiger partial charge on any atom is -0.211 e. The first-order chi connectivity index (χ1) is 7.06. The number of isocyanates is 1. The second kappa shape index (κ2) is 4.80. The SMILES string of the molecule is CC(C)c1cc(F)c(F)c(CN=C=O)c1. The first kappa shape index (κ1) is 11.5. The van der Waals surface area contributed by atoms with Crippen LogP contribution in [0, 0.1) is 11.6 Å². The van der Waals surface area contributed by atoms with Gasteiger partial charge in [-0.05, 0) is 17.5 Å². The van der Waals surface area contributed by atoms with Crippen molar-refractivity contribution in [3.63, 3.8) is 0 Å². The van der Waals surface area contributed by atoms with Crippen molar-refractivity contribution in [1.29, 1.82) is 0 Å². The van der Waals surface area contributed by atoms with Crippen LogP contribution in [-0.2, 0) is 11.3 Å². The van der Waals surface area contributed by atoms with Gasteiger partial charge >= 0.3 is 0 Å². The largest absolute Gasteiger partial charge is 0.235 e. The maximum absolute atomic E-state index is 13.2. The number of benzene rings is 1. The van der Waals surface area contributed by atoms with Crippen LogP contribution in [0.4, 0.5) is 8.78 Å². The first-order valence-corrected chi connectivity index (χ1v) is 4.57. The van der Waals surface area contributed by atoms with E-state index in [1.54, 1.807) is 0 Å². The molecule has 0 radical (unpaired) electrons. The third-order valence-corrected chi connectivity index (χ3v) is 2.11. The number of nitrogens with zero attached hydrogens (tertiary/aromatic N) is 1. The summed E-state index contributed by atoms with van der Waals surface area (Å²) in [5.74, 6) is -1.75. The quantitative estimate of drug-likeness (QED) is 0.558. The first-order valence-electron chi connectivity index (χ1n) is 4.57. The maximum atomic E-state index is 13.2. The van der Waals surface area contributed by atoms with Crippen LogP contribution >= 0.6 is 0 Å². The number of aliphatic imine (C=N–C) groups is 1. The molecule has 0 saturated carbocycles. The van der Waals surface area contributed by atoms with Gasteiger partial charge in [-0.15, -0.1) is 0 Å². The van der Waals surface area contributed by atoms with Gasteiger partial charge in [0.1, 0.15) is 0 Å². The van der Waals surface area contributed by atoms with E-state index in [9.17, 15) is 13.6 Å². The van der Waals surface area contributed by atoms with Crippen molar-refractivity contribution in [2.24, 2.45) is 4.99 Å². The van der Waals surface area contributed by atoms with Crippen LogP contribution in [0.1, 0.15) is 30.9 Å². The van der Waals surface area contributed by atoms with Gasteiger partial charge in [-0.2, -0.15) is 0 Å². The van der Waals surface area contributed by atoms with E-state index >= 15 is 0 Å². The van der Waals surface area contributed by atoms with Crippen molar-refractivity contribution in [3.05, 3.63) is 34.9 Å². The third-order valence-electron chi connectivity index (χ3n) is 2.11. The van der Waals surface area contributed by atoms with E-state index in [1.165, 1.54) is 12.1 Å². The fourth-order valence-electron chi connectivity index (χ4n) is 1.24. The van der Waals surface area contributed by atoms with Crippen molar-refractivity contribution in [2.75, 3.05) is 0 Å². The summed E-state index contributed by atoms with van der Waals surface area (Å²) in [5, 5.41) is 0. The molecule has 0 heterocycles. The van der Waals surface area contributed by atoms with Gasteiger partial charge in [-0.1, -0.05) is 19.9 Å². The average molecular weight is 211 g/mol. The lowest BCUT2D eigenvalue weighted by molar-refractivity contribution is 0.496. The Balaban J connectivity index is 3.18. The summed E-state index contributed by atoms with van der Waals surface area (Å²) in [6.45, 7) is 3.58. The van der Waals surface area contributed by atoms with Crippen LogP contribution in [0.2, 0.25) is 0 Å². The van der Waals surface area contributed by atoms with Gasteiger partial charge in [0.05, 0.1) is 6.54 Å². The minimum atomic E-state index is -0.946. The molecule has 0 N–H and O–H groups in total. The lowest BCUT2D eigenvalue weighted by Gasteiger charge is -2.08. The molecule has 15 heavy (non-hydrogen) atoms. The number of halogens is 2. The standard InChI is InChI=1S/C11H11F2NO/c1-7(2)8-3-9(5-14-6-15)11(13)10(12)4-8/h3-4,7H,5H2,1-2H3. The Bertz CT molecular complexity index is 409. The summed E-state index contributed by atoms with van der Waals surface area (Å²) in [6, 6.07) is 2.68. The molecule has 0 bridgehead atoms. The van der Waals surface area contributed by atoms with Crippen molar-refractivity contribution < 1.29 is 13.6 Å². The Hall–Kier alpha value is -1.54. The van der Waals surface area contributed by atoms with Crippen LogP contribution in [-0.4, -0.2) is 6.08 Å². The number of rotatable bonds is 3. The molecule has 0 unspecified atom stereocenters. The highest BCUT2D eigenvalue weighted by atomic mass is 19.2. The molecule has 0 aliphatic heterocycles. The van der Waals surface area contributed by atoms with Crippen LogP contribution in [0.15, 0.2) is 17.1 Å². The van der Waals surface area contributed by atoms with E-state index in [2.05, 4.69) is 4.99 Å². The third kappa shape index (κ3) is 2.70. The predicted molar refractivity (Wildman–Crippen MR) is 52.3 cm³/mol. The van der Waals surface area contributed by atoms with E-state index in [-0.39, 0.29) is 18.0 Å². The predicted octanol–water partition coefficient (Wildman–Crippen LogP) is 2.92. The van der Waals surface area contributed by atoms with Gasteiger partial charge in [-0.3, -0.25) is 0 Å². The second-order valence-corrected chi connectivity index (χ2v) is 3.54. The van der Waals surface area contributed by atoms with Gasteiger partial charge < -0.3 is 0 Å². The maximum Gasteiger partial charge on any atom is 0.235 e. The summed E-state index contributed by atoms with van der Waals surface area (Å²) < 4.78 is 26.3. The summed E-state index contributed by atoms with van der Waals surface area (Å²) in [6.07, 6.45) is 1.30. The van der Waals surface area contributed by atoms with Crippen LogP contribution in [0.25, 0.3) is 0 Å². The van der Waals surface area contributed by atoms with Crippen molar-refractivity contribution in [1.82, 2.24) is 0 Å². The van der Waals surface area contributed by atoms with Crippen LogP contribution in [0.5, 0.6) is 0 Å². The van der Waals surface area contributed by atoms with E-state index in [4.69, 9.17) is 0 Å². The van der Waals surface area contributed by atoms with Crippen molar-refractivity contribution >= 4 is 6.08 Å². The summed E-state index contributed by atoms with van der Waals surface area (Å²) in [4.78, 5) is 13.1. The van der Waals surface area contributed by atoms with Gasteiger partial charge in [0.25, 0.3) is 0 Å².